The third kappa shape index (κ3) is 4.02. The molecule has 0 radical (unpaired) electrons. The summed E-state index contributed by atoms with van der Waals surface area (Å²) in [7, 11) is -4.77. The van der Waals surface area contributed by atoms with E-state index < -0.39 is 38.4 Å². The number of aromatic nitrogens is 2. The molecule has 0 saturated heterocycles. The number of sulfonamides is 1. The van der Waals surface area contributed by atoms with Crippen LogP contribution in [0.5, 0.6) is 0 Å². The van der Waals surface area contributed by atoms with Crippen LogP contribution in [0, 0.1) is 0 Å². The van der Waals surface area contributed by atoms with Crippen molar-refractivity contribution >= 4 is 38.2 Å². The van der Waals surface area contributed by atoms with Gasteiger partial charge in [-0.3, -0.25) is 9.82 Å². The van der Waals surface area contributed by atoms with Gasteiger partial charge in [0.25, 0.3) is 10.0 Å². The molecule has 0 aliphatic rings. The Morgan fingerprint density at radius 2 is 1.50 bits per heavy atom. The lowest BCUT2D eigenvalue weighted by Crippen LogP contribution is -2.17. The minimum atomic E-state index is -5.17. The van der Waals surface area contributed by atoms with Crippen molar-refractivity contribution in [2.45, 2.75) is 17.2 Å². The topological polar surface area (TPSA) is 74.8 Å². The molecule has 2 N–H and O–H groups in total. The van der Waals surface area contributed by atoms with Gasteiger partial charge in [-0.1, -0.05) is 11.6 Å². The van der Waals surface area contributed by atoms with Crippen LogP contribution in [-0.4, -0.2) is 18.6 Å². The Labute approximate surface area is 158 Å². The van der Waals surface area contributed by atoms with Crippen LogP contribution in [0.3, 0.4) is 0 Å². The maximum atomic E-state index is 12.9. The number of benzene rings is 2. The minimum absolute atomic E-state index is 0.0782. The van der Waals surface area contributed by atoms with Gasteiger partial charge in [-0.15, -0.1) is 0 Å². The molecule has 1 aromatic heterocycles. The van der Waals surface area contributed by atoms with Crippen molar-refractivity contribution in [2.24, 2.45) is 0 Å². The van der Waals surface area contributed by atoms with Gasteiger partial charge >= 0.3 is 12.4 Å². The van der Waals surface area contributed by atoms with Crippen LogP contribution < -0.4 is 4.72 Å². The number of nitrogens with one attached hydrogen (secondary N) is 2. The van der Waals surface area contributed by atoms with Crippen LogP contribution >= 0.6 is 11.6 Å². The molecule has 0 spiro atoms. The number of hydrogen-bond donors (Lipinski definition) is 2. The third-order valence-corrected chi connectivity index (χ3v) is 5.28. The number of fused-ring (bicyclic) bond motifs is 1. The Bertz CT molecular complexity index is 1120. The molecule has 0 saturated carbocycles. The van der Waals surface area contributed by atoms with E-state index in [4.69, 9.17) is 11.6 Å². The molecule has 13 heteroatoms. The first kappa shape index (κ1) is 20.3. The summed E-state index contributed by atoms with van der Waals surface area (Å²) >= 11 is 5.83. The van der Waals surface area contributed by atoms with E-state index in [-0.39, 0.29) is 29.0 Å². The number of H-pyrrole nitrogens is 1. The van der Waals surface area contributed by atoms with Crippen molar-refractivity contribution in [3.63, 3.8) is 0 Å². The van der Waals surface area contributed by atoms with Gasteiger partial charge in [0.15, 0.2) is 0 Å². The Hall–Kier alpha value is -2.47. The summed E-state index contributed by atoms with van der Waals surface area (Å²) in [4.78, 5) is -1.19. The Morgan fingerprint density at radius 3 is 2.04 bits per heavy atom. The van der Waals surface area contributed by atoms with E-state index in [9.17, 15) is 34.8 Å². The van der Waals surface area contributed by atoms with Crippen molar-refractivity contribution in [2.75, 3.05) is 4.72 Å². The summed E-state index contributed by atoms with van der Waals surface area (Å²) < 4.78 is 104. The summed E-state index contributed by atoms with van der Waals surface area (Å²) in [6, 6.07) is 3.92. The largest absolute Gasteiger partial charge is 0.416 e. The number of hydrogen-bond acceptors (Lipinski definition) is 3. The van der Waals surface area contributed by atoms with Crippen LogP contribution in [0.15, 0.2) is 41.3 Å². The predicted molar refractivity (Wildman–Crippen MR) is 88.4 cm³/mol. The van der Waals surface area contributed by atoms with E-state index in [0.29, 0.717) is 10.9 Å². The van der Waals surface area contributed by atoms with Crippen LogP contribution in [0.4, 0.5) is 32.0 Å². The van der Waals surface area contributed by atoms with Crippen molar-refractivity contribution in [1.29, 1.82) is 0 Å². The Balaban J connectivity index is 2.08. The van der Waals surface area contributed by atoms with E-state index in [1.54, 1.807) is 0 Å². The lowest BCUT2D eigenvalue weighted by Gasteiger charge is -2.15. The highest BCUT2D eigenvalue weighted by molar-refractivity contribution is 7.92. The smallest absolute Gasteiger partial charge is 0.280 e. The van der Waals surface area contributed by atoms with Gasteiger partial charge in [-0.25, -0.2) is 8.42 Å². The average Bonchev–Trinajstić information content (AvgIpc) is 2.93. The second-order valence-electron chi connectivity index (χ2n) is 5.62. The summed E-state index contributed by atoms with van der Waals surface area (Å²) in [6.45, 7) is 0. The molecular formula is C15H8ClF6N3O2S. The molecule has 0 atom stereocenters. The molecule has 0 aliphatic heterocycles. The number of alkyl halides is 6. The van der Waals surface area contributed by atoms with E-state index in [2.05, 4.69) is 10.2 Å². The lowest BCUT2D eigenvalue weighted by atomic mass is 10.1. The SMILES string of the molecule is O=S(=O)(Nc1ccc2n[nH]c(Cl)c2c1)c1cc(C(F)(F)F)cc(C(F)(F)F)c1. The first-order valence-electron chi connectivity index (χ1n) is 7.23. The second kappa shape index (κ2) is 6.55. The molecule has 0 aliphatic carbocycles. The maximum absolute atomic E-state index is 12.9. The quantitative estimate of drug-likeness (QED) is 0.556. The van der Waals surface area contributed by atoms with Gasteiger partial charge in [-0.2, -0.15) is 31.4 Å². The summed E-state index contributed by atoms with van der Waals surface area (Å²) in [5.74, 6) is 0. The van der Waals surface area contributed by atoms with Gasteiger partial charge in [0.05, 0.1) is 21.5 Å². The molecule has 28 heavy (non-hydrogen) atoms. The van der Waals surface area contributed by atoms with Gasteiger partial charge in [0.1, 0.15) is 5.15 Å². The number of aromatic amines is 1. The standard InChI is InChI=1S/C15H8ClF6N3O2S/c16-13-11-6-9(1-2-12(11)23-24-13)25-28(26,27)10-4-7(14(17,18)19)3-8(5-10)15(20,21)22/h1-6,25H,(H,23,24). The molecule has 0 amide bonds. The van der Waals surface area contributed by atoms with Crippen LogP contribution in [-0.2, 0) is 22.4 Å². The van der Waals surface area contributed by atoms with Crippen molar-refractivity contribution < 1.29 is 34.8 Å². The highest BCUT2D eigenvalue weighted by Gasteiger charge is 2.38. The fraction of sp³-hybridized carbons (Fsp3) is 0.133. The molecule has 150 valence electrons. The van der Waals surface area contributed by atoms with Crippen LogP contribution in [0.2, 0.25) is 5.15 Å². The highest BCUT2D eigenvalue weighted by atomic mass is 35.5. The molecule has 3 rings (SSSR count). The first-order chi connectivity index (χ1) is 12.8. The fourth-order valence-corrected chi connectivity index (χ4v) is 3.65. The van der Waals surface area contributed by atoms with Crippen molar-refractivity contribution in [3.8, 4) is 0 Å². The molecule has 0 bridgehead atoms. The zero-order valence-electron chi connectivity index (χ0n) is 13.3. The molecular weight excluding hydrogens is 436 g/mol. The van der Waals surface area contributed by atoms with Crippen LogP contribution in [0.1, 0.15) is 11.1 Å². The lowest BCUT2D eigenvalue weighted by molar-refractivity contribution is -0.143. The van der Waals surface area contributed by atoms with Gasteiger partial charge in [0.2, 0.25) is 0 Å². The van der Waals surface area contributed by atoms with Gasteiger partial charge in [-0.05, 0) is 36.4 Å². The van der Waals surface area contributed by atoms with E-state index in [1.807, 2.05) is 4.72 Å². The minimum Gasteiger partial charge on any atom is -0.280 e. The highest BCUT2D eigenvalue weighted by Crippen LogP contribution is 2.37. The van der Waals surface area contributed by atoms with Crippen LogP contribution in [0.25, 0.3) is 10.9 Å². The van der Waals surface area contributed by atoms with E-state index in [1.165, 1.54) is 18.2 Å². The Morgan fingerprint density at radius 1 is 0.929 bits per heavy atom. The molecule has 1 heterocycles. The summed E-state index contributed by atoms with van der Waals surface area (Å²) in [5.41, 5.74) is -3.22. The Kier molecular flexibility index (Phi) is 4.74. The molecule has 0 unspecified atom stereocenters. The van der Waals surface area contributed by atoms with Gasteiger partial charge in [0, 0.05) is 11.1 Å². The molecule has 0 fully saturated rings. The van der Waals surface area contributed by atoms with Crippen molar-refractivity contribution in [1.82, 2.24) is 10.2 Å². The molecule has 5 nitrogen and oxygen atoms in total. The summed E-state index contributed by atoms with van der Waals surface area (Å²) in [5, 5.41) is 6.63. The van der Waals surface area contributed by atoms with Gasteiger partial charge < -0.3 is 0 Å². The molecule has 2 aromatic carbocycles. The zero-order chi connectivity index (χ0) is 20.9. The number of anilines is 1. The zero-order valence-corrected chi connectivity index (χ0v) is 14.9. The van der Waals surface area contributed by atoms with E-state index >= 15 is 0 Å². The first-order valence-corrected chi connectivity index (χ1v) is 9.09. The van der Waals surface area contributed by atoms with Crippen molar-refractivity contribution in [3.05, 3.63) is 52.7 Å². The average molecular weight is 444 g/mol. The van der Waals surface area contributed by atoms with E-state index in [0.717, 1.165) is 0 Å². The maximum Gasteiger partial charge on any atom is 0.416 e. The third-order valence-electron chi connectivity index (χ3n) is 3.63. The normalized spacial score (nSPS) is 13.1. The fourth-order valence-electron chi connectivity index (χ4n) is 2.34. The molecule has 3 aromatic rings. The second-order valence-corrected chi connectivity index (χ2v) is 7.68. The summed E-state index contributed by atoms with van der Waals surface area (Å²) in [6.07, 6.45) is -10.3. The number of halogens is 7. The number of nitrogens with zero attached hydrogens (tertiary/aromatic N) is 1. The number of rotatable bonds is 3. The monoisotopic (exact) mass is 443 g/mol. The predicted octanol–water partition coefficient (Wildman–Crippen LogP) is 5.05.